The molecule has 0 saturated carbocycles. The zero-order chi connectivity index (χ0) is 13.1. The summed E-state index contributed by atoms with van der Waals surface area (Å²) in [4.78, 5) is 11.9. The number of nitrogens with zero attached hydrogens (tertiary/aromatic N) is 1. The van der Waals surface area contributed by atoms with Crippen LogP contribution in [0.1, 0.15) is 32.6 Å². The molecule has 0 radical (unpaired) electrons. The minimum atomic E-state index is -0.644. The molecule has 1 aromatic carbocycles. The van der Waals surface area contributed by atoms with Crippen LogP contribution in [0.4, 0.5) is 5.69 Å². The molecule has 1 aliphatic heterocycles. The van der Waals surface area contributed by atoms with Crippen LogP contribution in [-0.4, -0.2) is 17.2 Å². The second kappa shape index (κ2) is 5.59. The monoisotopic (exact) mass is 269 g/mol. The fourth-order valence-electron chi connectivity index (χ4n) is 1.99. The lowest BCUT2D eigenvalue weighted by Crippen LogP contribution is -2.44. The summed E-state index contributed by atoms with van der Waals surface area (Å²) in [6.07, 6.45) is 2.94. The Morgan fingerprint density at radius 1 is 1.44 bits per heavy atom. The van der Waals surface area contributed by atoms with Crippen molar-refractivity contribution in [2.75, 3.05) is 5.06 Å². The number of hydroxylamine groups is 1. The summed E-state index contributed by atoms with van der Waals surface area (Å²) in [5.41, 5.74) is 0.305. The number of para-hydroxylation sites is 1. The summed E-state index contributed by atoms with van der Waals surface area (Å²) in [7, 11) is 0. The summed E-state index contributed by atoms with van der Waals surface area (Å²) >= 11 is 6.01. The van der Waals surface area contributed by atoms with Gasteiger partial charge < -0.3 is 4.74 Å². The van der Waals surface area contributed by atoms with E-state index in [2.05, 4.69) is 6.92 Å². The molecule has 0 aliphatic carbocycles. The number of carbonyl (C=O) groups is 1. The molecule has 1 atom stereocenters. The molecule has 98 valence electrons. The van der Waals surface area contributed by atoms with Gasteiger partial charge in [0.2, 0.25) is 0 Å². The first-order chi connectivity index (χ1) is 8.65. The van der Waals surface area contributed by atoms with Crippen molar-refractivity contribution in [1.82, 2.24) is 0 Å². The van der Waals surface area contributed by atoms with E-state index in [1.807, 2.05) is 0 Å². The molecule has 0 aromatic heterocycles. The number of carbonyl (C=O) groups excluding carboxylic acids is 1. The number of hydrogen-bond acceptors (Lipinski definition) is 3. The van der Waals surface area contributed by atoms with Crippen LogP contribution in [0.25, 0.3) is 0 Å². The molecule has 1 heterocycles. The third kappa shape index (κ3) is 2.44. The van der Waals surface area contributed by atoms with Crippen LogP contribution in [0.15, 0.2) is 18.2 Å². The van der Waals surface area contributed by atoms with Crippen molar-refractivity contribution in [3.63, 3.8) is 0 Å². The van der Waals surface area contributed by atoms with Crippen LogP contribution in [0.2, 0.25) is 5.02 Å². The van der Waals surface area contributed by atoms with E-state index in [0.29, 0.717) is 27.9 Å². The Kier molecular flexibility index (Phi) is 4.09. The van der Waals surface area contributed by atoms with E-state index in [-0.39, 0.29) is 0 Å². The lowest BCUT2D eigenvalue weighted by molar-refractivity contribution is -0.132. The topological polar surface area (TPSA) is 49.8 Å². The number of ether oxygens (including phenoxy) is 1. The molecule has 5 heteroatoms. The summed E-state index contributed by atoms with van der Waals surface area (Å²) in [6.45, 7) is 2.09. The van der Waals surface area contributed by atoms with E-state index in [0.717, 1.165) is 19.3 Å². The lowest BCUT2D eigenvalue weighted by Gasteiger charge is -2.30. The Balaban J connectivity index is 2.19. The van der Waals surface area contributed by atoms with Gasteiger partial charge in [-0.05, 0) is 25.0 Å². The van der Waals surface area contributed by atoms with Crippen molar-refractivity contribution in [1.29, 1.82) is 0 Å². The highest BCUT2D eigenvalue weighted by Crippen LogP contribution is 2.39. The maximum absolute atomic E-state index is 11.9. The number of unbranched alkanes of at least 4 members (excludes halogenated alkanes) is 2. The molecule has 0 saturated heterocycles. The number of anilines is 1. The molecule has 1 aliphatic rings. The molecule has 1 aromatic rings. The Morgan fingerprint density at radius 2 is 2.22 bits per heavy atom. The zero-order valence-electron chi connectivity index (χ0n) is 10.2. The first-order valence-corrected chi connectivity index (χ1v) is 6.51. The quantitative estimate of drug-likeness (QED) is 0.673. The molecule has 0 fully saturated rings. The van der Waals surface area contributed by atoms with Crippen LogP contribution in [0, 0.1) is 0 Å². The van der Waals surface area contributed by atoms with Gasteiger partial charge >= 0.3 is 0 Å². The molecule has 2 rings (SSSR count). The van der Waals surface area contributed by atoms with Crippen LogP contribution in [0.3, 0.4) is 0 Å². The fourth-order valence-corrected chi connectivity index (χ4v) is 2.20. The van der Waals surface area contributed by atoms with Crippen molar-refractivity contribution in [2.24, 2.45) is 0 Å². The van der Waals surface area contributed by atoms with Gasteiger partial charge in [-0.2, -0.15) is 5.06 Å². The van der Waals surface area contributed by atoms with Gasteiger partial charge in [0.1, 0.15) is 5.69 Å². The maximum Gasteiger partial charge on any atom is 0.291 e. The van der Waals surface area contributed by atoms with E-state index in [1.165, 1.54) is 0 Å². The van der Waals surface area contributed by atoms with Crippen LogP contribution < -0.4 is 9.80 Å². The van der Waals surface area contributed by atoms with Gasteiger partial charge in [-0.15, -0.1) is 0 Å². The zero-order valence-corrected chi connectivity index (χ0v) is 11.0. The van der Waals surface area contributed by atoms with Gasteiger partial charge in [-0.3, -0.25) is 10.0 Å². The minimum absolute atomic E-state index is 0.305. The Bertz CT molecular complexity index is 450. The summed E-state index contributed by atoms with van der Waals surface area (Å²) in [6, 6.07) is 4.94. The van der Waals surface area contributed by atoms with Crippen LogP contribution in [0.5, 0.6) is 5.75 Å². The number of hydrogen-bond donors (Lipinski definition) is 1. The van der Waals surface area contributed by atoms with Gasteiger partial charge in [0.15, 0.2) is 11.9 Å². The molecule has 18 heavy (non-hydrogen) atoms. The van der Waals surface area contributed by atoms with Gasteiger partial charge in [0.25, 0.3) is 5.91 Å². The maximum atomic E-state index is 11.9. The summed E-state index contributed by atoms with van der Waals surface area (Å²) in [5, 5.41) is 10.9. The first-order valence-electron chi connectivity index (χ1n) is 6.13. The van der Waals surface area contributed by atoms with Crippen molar-refractivity contribution in [2.45, 2.75) is 38.7 Å². The normalized spacial score (nSPS) is 18.5. The third-order valence-electron chi connectivity index (χ3n) is 2.99. The Labute approximate surface area is 111 Å². The summed E-state index contributed by atoms with van der Waals surface area (Å²) in [5.74, 6) is -0.0522. The van der Waals surface area contributed by atoms with Gasteiger partial charge in [-0.25, -0.2) is 0 Å². The molecule has 4 nitrogen and oxygen atoms in total. The number of amides is 1. The van der Waals surface area contributed by atoms with Crippen LogP contribution >= 0.6 is 11.6 Å². The highest BCUT2D eigenvalue weighted by Gasteiger charge is 2.34. The molecular weight excluding hydrogens is 254 g/mol. The molecule has 1 unspecified atom stereocenters. The van der Waals surface area contributed by atoms with E-state index in [9.17, 15) is 10.0 Å². The first kappa shape index (κ1) is 13.2. The third-order valence-corrected chi connectivity index (χ3v) is 3.29. The van der Waals surface area contributed by atoms with E-state index >= 15 is 0 Å². The Hall–Kier alpha value is -1.26. The second-order valence-corrected chi connectivity index (χ2v) is 4.75. The van der Waals surface area contributed by atoms with Crippen LogP contribution in [-0.2, 0) is 4.79 Å². The van der Waals surface area contributed by atoms with Gasteiger partial charge in [0.05, 0.1) is 5.02 Å². The highest BCUT2D eigenvalue weighted by atomic mass is 35.5. The SMILES string of the molecule is CCCCCC1Oc2c(Cl)cccc2N(O)C1=O. The average Bonchev–Trinajstić information content (AvgIpc) is 2.36. The van der Waals surface area contributed by atoms with E-state index < -0.39 is 12.0 Å². The predicted octanol–water partition coefficient (Wildman–Crippen LogP) is 3.40. The molecule has 0 spiro atoms. The largest absolute Gasteiger partial charge is 0.477 e. The van der Waals surface area contributed by atoms with Crippen molar-refractivity contribution in [3.05, 3.63) is 23.2 Å². The molecule has 1 N–H and O–H groups in total. The smallest absolute Gasteiger partial charge is 0.291 e. The standard InChI is InChI=1S/C13H16ClNO3/c1-2-3-4-8-11-13(16)15(17)10-7-5-6-9(14)12(10)18-11/h5-7,11,17H,2-4,8H2,1H3. The fraction of sp³-hybridized carbons (Fsp3) is 0.462. The number of fused-ring (bicyclic) bond motifs is 1. The Morgan fingerprint density at radius 3 is 2.94 bits per heavy atom. The molecule has 0 bridgehead atoms. The second-order valence-electron chi connectivity index (χ2n) is 4.34. The lowest BCUT2D eigenvalue weighted by atomic mass is 10.1. The number of halogens is 1. The minimum Gasteiger partial charge on any atom is -0.477 e. The molecule has 1 amide bonds. The predicted molar refractivity (Wildman–Crippen MR) is 69.3 cm³/mol. The van der Waals surface area contributed by atoms with E-state index in [1.54, 1.807) is 18.2 Å². The van der Waals surface area contributed by atoms with Gasteiger partial charge in [0, 0.05) is 0 Å². The van der Waals surface area contributed by atoms with E-state index in [4.69, 9.17) is 16.3 Å². The number of rotatable bonds is 4. The van der Waals surface area contributed by atoms with Crippen molar-refractivity contribution >= 4 is 23.2 Å². The summed E-state index contributed by atoms with van der Waals surface area (Å²) < 4.78 is 5.61. The number of benzene rings is 1. The highest BCUT2D eigenvalue weighted by molar-refractivity contribution is 6.32. The van der Waals surface area contributed by atoms with Gasteiger partial charge in [-0.1, -0.05) is 37.4 Å². The van der Waals surface area contributed by atoms with Crippen molar-refractivity contribution in [3.8, 4) is 5.75 Å². The average molecular weight is 270 g/mol. The van der Waals surface area contributed by atoms with Crippen molar-refractivity contribution < 1.29 is 14.7 Å². The molecular formula is C13H16ClNO3.